The molecule has 0 atom stereocenters. The molecular weight excluding hydrogens is 352 g/mol. The summed E-state index contributed by atoms with van der Waals surface area (Å²) in [6.07, 6.45) is 5.02. The van der Waals surface area contributed by atoms with Crippen LogP contribution < -0.4 is 9.80 Å². The van der Waals surface area contributed by atoms with E-state index >= 15 is 0 Å². The van der Waals surface area contributed by atoms with E-state index in [4.69, 9.17) is 11.6 Å². The van der Waals surface area contributed by atoms with Gasteiger partial charge in [-0.15, -0.1) is 0 Å². The standard InChI is InChI=1S/C20H21ClN2OS/c21-15-9-10-19-17(13-15)23(16-7-3-4-8-18(16)25-19)20(24)14-22-11-5-1-2-6-12-22/h3-4,7-10,13H,1-2,5-6,11-12,14H2/p+1. The number of anilines is 2. The topological polar surface area (TPSA) is 24.8 Å². The van der Waals surface area contributed by atoms with Crippen LogP contribution in [0, 0.1) is 0 Å². The highest BCUT2D eigenvalue weighted by Crippen LogP contribution is 2.48. The van der Waals surface area contributed by atoms with Crippen molar-refractivity contribution in [3.05, 3.63) is 47.5 Å². The summed E-state index contributed by atoms with van der Waals surface area (Å²) in [5.74, 6) is 0.160. The van der Waals surface area contributed by atoms with E-state index in [1.165, 1.54) is 30.6 Å². The van der Waals surface area contributed by atoms with Crippen molar-refractivity contribution < 1.29 is 9.69 Å². The van der Waals surface area contributed by atoms with Gasteiger partial charge in [-0.1, -0.05) is 35.5 Å². The summed E-state index contributed by atoms with van der Waals surface area (Å²) in [5, 5.41) is 0.665. The van der Waals surface area contributed by atoms with Gasteiger partial charge in [0, 0.05) is 14.8 Å². The van der Waals surface area contributed by atoms with Crippen LogP contribution in [0.4, 0.5) is 11.4 Å². The van der Waals surface area contributed by atoms with Crippen LogP contribution in [0.1, 0.15) is 25.7 Å². The van der Waals surface area contributed by atoms with Crippen LogP contribution in [0.15, 0.2) is 52.3 Å². The lowest BCUT2D eigenvalue weighted by Gasteiger charge is -2.32. The molecule has 0 radical (unpaired) electrons. The van der Waals surface area contributed by atoms with Gasteiger partial charge in [0.15, 0.2) is 6.54 Å². The quantitative estimate of drug-likeness (QED) is 0.862. The number of hydrogen-bond donors (Lipinski definition) is 1. The molecule has 1 saturated heterocycles. The first kappa shape index (κ1) is 17.0. The van der Waals surface area contributed by atoms with Crippen LogP contribution in [0.5, 0.6) is 0 Å². The molecule has 0 saturated carbocycles. The maximum Gasteiger partial charge on any atom is 0.286 e. The summed E-state index contributed by atoms with van der Waals surface area (Å²) < 4.78 is 0. The SMILES string of the molecule is O=C(C[NH+]1CCCCCC1)N1c2ccccc2Sc2ccc(Cl)cc21. The third-order valence-electron chi connectivity index (χ3n) is 4.95. The van der Waals surface area contributed by atoms with Crippen molar-refractivity contribution in [2.75, 3.05) is 24.5 Å². The molecule has 0 bridgehead atoms. The summed E-state index contributed by atoms with van der Waals surface area (Å²) in [6.45, 7) is 2.74. The van der Waals surface area contributed by atoms with Gasteiger partial charge in [0.05, 0.1) is 24.5 Å². The Morgan fingerprint density at radius 3 is 2.52 bits per heavy atom. The fourth-order valence-electron chi connectivity index (χ4n) is 3.69. The number of fused-ring (bicyclic) bond motifs is 2. The lowest BCUT2D eigenvalue weighted by Crippen LogP contribution is -3.13. The fraction of sp³-hybridized carbons (Fsp3) is 0.350. The lowest BCUT2D eigenvalue weighted by atomic mass is 10.2. The van der Waals surface area contributed by atoms with Gasteiger partial charge in [0.2, 0.25) is 0 Å². The number of quaternary nitrogens is 1. The first-order valence-electron chi connectivity index (χ1n) is 8.95. The molecule has 2 aromatic rings. The Morgan fingerprint density at radius 2 is 1.72 bits per heavy atom. The summed E-state index contributed by atoms with van der Waals surface area (Å²) in [7, 11) is 0. The monoisotopic (exact) mass is 373 g/mol. The zero-order valence-electron chi connectivity index (χ0n) is 14.1. The molecule has 5 heteroatoms. The molecule has 0 spiro atoms. The van der Waals surface area contributed by atoms with Crippen LogP contribution in [0.25, 0.3) is 0 Å². The predicted octanol–water partition coefficient (Wildman–Crippen LogP) is 3.93. The number of para-hydroxylation sites is 1. The van der Waals surface area contributed by atoms with Crippen LogP contribution in [-0.2, 0) is 4.79 Å². The summed E-state index contributed by atoms with van der Waals surface area (Å²) >= 11 is 7.94. The third-order valence-corrected chi connectivity index (χ3v) is 6.31. The number of hydrogen-bond acceptors (Lipinski definition) is 2. The first-order chi connectivity index (χ1) is 12.2. The average Bonchev–Trinajstić information content (AvgIpc) is 2.88. The van der Waals surface area contributed by atoms with Gasteiger partial charge in [-0.2, -0.15) is 0 Å². The lowest BCUT2D eigenvalue weighted by molar-refractivity contribution is -0.891. The minimum atomic E-state index is 0.160. The zero-order chi connectivity index (χ0) is 17.2. The molecule has 1 fully saturated rings. The second-order valence-corrected chi connectivity index (χ2v) is 8.27. The number of rotatable bonds is 2. The van der Waals surface area contributed by atoms with Gasteiger partial charge < -0.3 is 4.90 Å². The zero-order valence-corrected chi connectivity index (χ0v) is 15.7. The largest absolute Gasteiger partial charge is 0.327 e. The third kappa shape index (κ3) is 3.57. The van der Waals surface area contributed by atoms with Crippen LogP contribution in [0.3, 0.4) is 0 Å². The smallest absolute Gasteiger partial charge is 0.286 e. The van der Waals surface area contributed by atoms with E-state index in [9.17, 15) is 4.79 Å². The van der Waals surface area contributed by atoms with Crippen molar-refractivity contribution in [1.82, 2.24) is 0 Å². The highest BCUT2D eigenvalue weighted by molar-refractivity contribution is 7.99. The number of amides is 1. The molecule has 1 amide bonds. The Hall–Kier alpha value is -1.49. The fourth-order valence-corrected chi connectivity index (χ4v) is 4.90. The van der Waals surface area contributed by atoms with Crippen LogP contribution in [-0.4, -0.2) is 25.5 Å². The highest BCUT2D eigenvalue weighted by atomic mass is 35.5. The summed E-state index contributed by atoms with van der Waals surface area (Å²) in [6, 6.07) is 13.9. The average molecular weight is 374 g/mol. The van der Waals surface area contributed by atoms with Crippen LogP contribution in [0.2, 0.25) is 5.02 Å². The molecule has 2 aliphatic heterocycles. The Morgan fingerprint density at radius 1 is 1.00 bits per heavy atom. The maximum atomic E-state index is 13.3. The second kappa shape index (κ2) is 7.40. The summed E-state index contributed by atoms with van der Waals surface area (Å²) in [5.41, 5.74) is 1.89. The Bertz CT molecular complexity index is 787. The Balaban J connectivity index is 1.67. The van der Waals surface area contributed by atoms with Gasteiger partial charge in [-0.25, -0.2) is 0 Å². The number of carbonyl (C=O) groups is 1. The van der Waals surface area contributed by atoms with E-state index in [1.807, 2.05) is 41.3 Å². The number of likely N-dealkylation sites (tertiary alicyclic amines) is 1. The van der Waals surface area contributed by atoms with Crippen molar-refractivity contribution >= 4 is 40.6 Å². The van der Waals surface area contributed by atoms with E-state index in [0.717, 1.165) is 34.3 Å². The highest BCUT2D eigenvalue weighted by Gasteiger charge is 2.30. The van der Waals surface area contributed by atoms with Gasteiger partial charge >= 0.3 is 0 Å². The number of nitrogens with one attached hydrogen (secondary N) is 1. The Labute approximate surface area is 158 Å². The van der Waals surface area contributed by atoms with Crippen molar-refractivity contribution in [1.29, 1.82) is 0 Å². The normalized spacial score (nSPS) is 17.6. The Kier molecular flexibility index (Phi) is 5.02. The molecule has 0 aromatic heterocycles. The van der Waals surface area contributed by atoms with Crippen molar-refractivity contribution in [3.8, 4) is 0 Å². The molecule has 1 N–H and O–H groups in total. The van der Waals surface area contributed by atoms with E-state index in [0.29, 0.717) is 11.6 Å². The summed E-state index contributed by atoms with van der Waals surface area (Å²) in [4.78, 5) is 18.8. The molecule has 2 aromatic carbocycles. The molecule has 130 valence electrons. The van der Waals surface area contributed by atoms with Crippen molar-refractivity contribution in [2.24, 2.45) is 0 Å². The number of nitrogens with zero attached hydrogens (tertiary/aromatic N) is 1. The molecular formula is C20H22ClN2OS+. The molecule has 4 rings (SSSR count). The maximum absolute atomic E-state index is 13.3. The predicted molar refractivity (Wildman–Crippen MR) is 103 cm³/mol. The van der Waals surface area contributed by atoms with Crippen molar-refractivity contribution in [2.45, 2.75) is 35.5 Å². The van der Waals surface area contributed by atoms with Gasteiger partial charge in [-0.3, -0.25) is 9.69 Å². The molecule has 3 nitrogen and oxygen atoms in total. The van der Waals surface area contributed by atoms with Gasteiger partial charge in [0.1, 0.15) is 0 Å². The van der Waals surface area contributed by atoms with E-state index in [-0.39, 0.29) is 5.91 Å². The van der Waals surface area contributed by atoms with E-state index in [2.05, 4.69) is 6.07 Å². The van der Waals surface area contributed by atoms with Gasteiger partial charge in [-0.05, 0) is 56.0 Å². The minimum absolute atomic E-state index is 0.160. The second-order valence-electron chi connectivity index (χ2n) is 6.75. The minimum Gasteiger partial charge on any atom is -0.327 e. The van der Waals surface area contributed by atoms with E-state index < -0.39 is 0 Å². The molecule has 0 unspecified atom stereocenters. The van der Waals surface area contributed by atoms with Crippen LogP contribution >= 0.6 is 23.4 Å². The molecule has 2 aliphatic rings. The number of benzene rings is 2. The van der Waals surface area contributed by atoms with Crippen molar-refractivity contribution in [3.63, 3.8) is 0 Å². The number of carbonyl (C=O) groups excluding carboxylic acids is 1. The molecule has 2 heterocycles. The van der Waals surface area contributed by atoms with E-state index in [1.54, 1.807) is 11.8 Å². The number of halogens is 1. The first-order valence-corrected chi connectivity index (χ1v) is 10.1. The molecule has 0 aliphatic carbocycles. The van der Waals surface area contributed by atoms with Gasteiger partial charge in [0.25, 0.3) is 5.91 Å². The molecule has 25 heavy (non-hydrogen) atoms.